The van der Waals surface area contributed by atoms with E-state index in [1.54, 1.807) is 0 Å². The van der Waals surface area contributed by atoms with Crippen molar-refractivity contribution in [1.29, 1.82) is 0 Å². The Morgan fingerprint density at radius 2 is 2.21 bits per heavy atom. The second-order valence-electron chi connectivity index (χ2n) is 3.42. The van der Waals surface area contributed by atoms with Crippen LogP contribution in [0.3, 0.4) is 0 Å². The Labute approximate surface area is 85.6 Å². The van der Waals surface area contributed by atoms with Gasteiger partial charge in [-0.25, -0.2) is 0 Å². The lowest BCUT2D eigenvalue weighted by Gasteiger charge is -2.11. The van der Waals surface area contributed by atoms with Crippen molar-refractivity contribution in [3.63, 3.8) is 0 Å². The van der Waals surface area contributed by atoms with E-state index in [9.17, 15) is 4.79 Å². The SMILES string of the molecule is CCCCOCCNC(C)CC(=O)O. The molecule has 0 fully saturated rings. The molecule has 0 aliphatic heterocycles. The highest BCUT2D eigenvalue weighted by molar-refractivity contribution is 5.67. The van der Waals surface area contributed by atoms with Gasteiger partial charge in [0.25, 0.3) is 0 Å². The second kappa shape index (κ2) is 8.97. The van der Waals surface area contributed by atoms with Crippen molar-refractivity contribution in [3.8, 4) is 0 Å². The van der Waals surface area contributed by atoms with Crippen LogP contribution in [0.2, 0.25) is 0 Å². The molecule has 0 saturated heterocycles. The zero-order valence-electron chi connectivity index (χ0n) is 9.08. The Balaban J connectivity index is 3.14. The van der Waals surface area contributed by atoms with Gasteiger partial charge in [0, 0.05) is 19.2 Å². The Morgan fingerprint density at radius 3 is 2.79 bits per heavy atom. The van der Waals surface area contributed by atoms with Crippen LogP contribution in [-0.2, 0) is 9.53 Å². The minimum absolute atomic E-state index is 0.0160. The number of rotatable bonds is 9. The van der Waals surface area contributed by atoms with Gasteiger partial charge in [-0.3, -0.25) is 4.79 Å². The number of ether oxygens (including phenoxy) is 1. The molecule has 4 heteroatoms. The Hall–Kier alpha value is -0.610. The van der Waals surface area contributed by atoms with Gasteiger partial charge in [0.2, 0.25) is 0 Å². The Morgan fingerprint density at radius 1 is 1.50 bits per heavy atom. The zero-order chi connectivity index (χ0) is 10.8. The lowest BCUT2D eigenvalue weighted by Crippen LogP contribution is -2.31. The fourth-order valence-electron chi connectivity index (χ4n) is 1.06. The van der Waals surface area contributed by atoms with Gasteiger partial charge in [-0.2, -0.15) is 0 Å². The van der Waals surface area contributed by atoms with E-state index in [0.29, 0.717) is 6.61 Å². The van der Waals surface area contributed by atoms with Crippen molar-refractivity contribution in [1.82, 2.24) is 5.32 Å². The summed E-state index contributed by atoms with van der Waals surface area (Å²) in [5.74, 6) is -0.767. The third-order valence-electron chi connectivity index (χ3n) is 1.86. The molecule has 0 radical (unpaired) electrons. The molecule has 0 bridgehead atoms. The maximum atomic E-state index is 10.3. The van der Waals surface area contributed by atoms with Crippen LogP contribution in [0, 0.1) is 0 Å². The maximum absolute atomic E-state index is 10.3. The first-order valence-electron chi connectivity index (χ1n) is 5.19. The lowest BCUT2D eigenvalue weighted by molar-refractivity contribution is -0.137. The summed E-state index contributed by atoms with van der Waals surface area (Å²) < 4.78 is 5.32. The van der Waals surface area contributed by atoms with Gasteiger partial charge in [-0.1, -0.05) is 13.3 Å². The normalized spacial score (nSPS) is 12.7. The smallest absolute Gasteiger partial charge is 0.304 e. The molecule has 1 atom stereocenters. The summed E-state index contributed by atoms with van der Waals surface area (Å²) in [6.45, 7) is 6.16. The van der Waals surface area contributed by atoms with E-state index in [2.05, 4.69) is 12.2 Å². The summed E-state index contributed by atoms with van der Waals surface area (Å²) in [5.41, 5.74) is 0. The molecule has 1 unspecified atom stereocenters. The summed E-state index contributed by atoms with van der Waals surface area (Å²) in [4.78, 5) is 10.3. The Bertz CT molecular complexity index is 150. The number of hydrogen-bond donors (Lipinski definition) is 2. The van der Waals surface area contributed by atoms with Crippen molar-refractivity contribution in [2.75, 3.05) is 19.8 Å². The molecule has 0 aromatic carbocycles. The van der Waals surface area contributed by atoms with Gasteiger partial charge in [0.05, 0.1) is 13.0 Å². The lowest BCUT2D eigenvalue weighted by atomic mass is 10.2. The fourth-order valence-corrected chi connectivity index (χ4v) is 1.06. The summed E-state index contributed by atoms with van der Waals surface area (Å²) >= 11 is 0. The quantitative estimate of drug-likeness (QED) is 0.554. The predicted octanol–water partition coefficient (Wildman–Crippen LogP) is 1.26. The summed E-state index contributed by atoms with van der Waals surface area (Å²) in [6.07, 6.45) is 2.39. The first kappa shape index (κ1) is 13.4. The summed E-state index contributed by atoms with van der Waals surface area (Å²) in [7, 11) is 0. The van der Waals surface area contributed by atoms with E-state index >= 15 is 0 Å². The molecule has 14 heavy (non-hydrogen) atoms. The fraction of sp³-hybridized carbons (Fsp3) is 0.900. The van der Waals surface area contributed by atoms with Crippen molar-refractivity contribution in [2.24, 2.45) is 0 Å². The maximum Gasteiger partial charge on any atom is 0.304 e. The van der Waals surface area contributed by atoms with Crippen molar-refractivity contribution >= 4 is 5.97 Å². The number of carbonyl (C=O) groups is 1. The predicted molar refractivity (Wildman–Crippen MR) is 55.4 cm³/mol. The molecule has 0 spiro atoms. The van der Waals surface area contributed by atoms with Gasteiger partial charge in [-0.15, -0.1) is 0 Å². The van der Waals surface area contributed by atoms with Crippen LogP contribution < -0.4 is 5.32 Å². The second-order valence-corrected chi connectivity index (χ2v) is 3.42. The average molecular weight is 203 g/mol. The first-order chi connectivity index (χ1) is 6.66. The summed E-state index contributed by atoms with van der Waals surface area (Å²) in [5, 5.41) is 11.6. The number of unbranched alkanes of at least 4 members (excludes halogenated alkanes) is 1. The van der Waals surface area contributed by atoms with E-state index in [0.717, 1.165) is 26.0 Å². The highest BCUT2D eigenvalue weighted by Crippen LogP contribution is 1.90. The first-order valence-corrected chi connectivity index (χ1v) is 5.19. The molecule has 0 rings (SSSR count). The Kier molecular flexibility index (Phi) is 8.57. The van der Waals surface area contributed by atoms with Gasteiger partial charge in [0.15, 0.2) is 0 Å². The van der Waals surface area contributed by atoms with Crippen molar-refractivity contribution in [2.45, 2.75) is 39.2 Å². The van der Waals surface area contributed by atoms with E-state index in [-0.39, 0.29) is 12.5 Å². The van der Waals surface area contributed by atoms with Crippen molar-refractivity contribution in [3.05, 3.63) is 0 Å². The van der Waals surface area contributed by atoms with E-state index in [1.165, 1.54) is 0 Å². The van der Waals surface area contributed by atoms with Gasteiger partial charge in [0.1, 0.15) is 0 Å². The minimum atomic E-state index is -0.767. The monoisotopic (exact) mass is 203 g/mol. The van der Waals surface area contributed by atoms with Crippen LogP contribution in [0.5, 0.6) is 0 Å². The van der Waals surface area contributed by atoms with Crippen LogP contribution >= 0.6 is 0 Å². The standard InChI is InChI=1S/C10H21NO3/c1-3-4-6-14-7-5-11-9(2)8-10(12)13/h9,11H,3-8H2,1-2H3,(H,12,13). The molecule has 0 saturated carbocycles. The molecule has 84 valence electrons. The third-order valence-corrected chi connectivity index (χ3v) is 1.86. The van der Waals surface area contributed by atoms with Crippen LogP contribution in [0.15, 0.2) is 0 Å². The molecule has 0 heterocycles. The van der Waals surface area contributed by atoms with Crippen LogP contribution in [0.4, 0.5) is 0 Å². The molecule has 4 nitrogen and oxygen atoms in total. The minimum Gasteiger partial charge on any atom is -0.481 e. The number of carboxylic acids is 1. The van der Waals surface area contributed by atoms with E-state index < -0.39 is 5.97 Å². The molecule has 0 aromatic heterocycles. The molecule has 0 aromatic rings. The molecule has 0 amide bonds. The van der Waals surface area contributed by atoms with Crippen LogP contribution in [0.1, 0.15) is 33.1 Å². The van der Waals surface area contributed by atoms with Crippen molar-refractivity contribution < 1.29 is 14.6 Å². The largest absolute Gasteiger partial charge is 0.481 e. The number of nitrogens with one attached hydrogen (secondary N) is 1. The van der Waals surface area contributed by atoms with Crippen LogP contribution in [-0.4, -0.2) is 36.9 Å². The van der Waals surface area contributed by atoms with Gasteiger partial charge < -0.3 is 15.2 Å². The number of carboxylic acid groups (broad SMARTS) is 1. The molecular formula is C10H21NO3. The van der Waals surface area contributed by atoms with E-state index in [4.69, 9.17) is 9.84 Å². The topological polar surface area (TPSA) is 58.6 Å². The van der Waals surface area contributed by atoms with E-state index in [1.807, 2.05) is 6.92 Å². The molecule has 0 aliphatic rings. The third kappa shape index (κ3) is 9.48. The average Bonchev–Trinajstić information content (AvgIpc) is 2.10. The molecule has 2 N–H and O–H groups in total. The molecular weight excluding hydrogens is 182 g/mol. The number of aliphatic carboxylic acids is 1. The highest BCUT2D eigenvalue weighted by Gasteiger charge is 2.05. The van der Waals surface area contributed by atoms with Gasteiger partial charge >= 0.3 is 5.97 Å². The zero-order valence-corrected chi connectivity index (χ0v) is 9.08. The summed E-state index contributed by atoms with van der Waals surface area (Å²) in [6, 6.07) is 0.0160. The molecule has 0 aliphatic carbocycles. The van der Waals surface area contributed by atoms with Crippen LogP contribution in [0.25, 0.3) is 0 Å². The van der Waals surface area contributed by atoms with Gasteiger partial charge in [-0.05, 0) is 13.3 Å². The highest BCUT2D eigenvalue weighted by atomic mass is 16.5. The number of hydrogen-bond acceptors (Lipinski definition) is 3.